The first kappa shape index (κ1) is 22.7. The summed E-state index contributed by atoms with van der Waals surface area (Å²) in [6.45, 7) is 2.53. The molecule has 2 aliphatic heterocycles. The number of nitrogens with zero attached hydrogens (tertiary/aromatic N) is 4. The molecule has 3 aromatic rings. The minimum atomic E-state index is -2.79. The monoisotopic (exact) mass is 470 g/mol. The summed E-state index contributed by atoms with van der Waals surface area (Å²) in [5.74, 6) is 0.355. The topological polar surface area (TPSA) is 69.0 Å². The Hall–Kier alpha value is -3.07. The second kappa shape index (κ2) is 9.66. The zero-order valence-corrected chi connectivity index (χ0v) is 19.1. The molecule has 0 amide bonds. The number of benzene rings is 1. The maximum Gasteiger partial charge on any atom is 0.343 e. The van der Waals surface area contributed by atoms with Crippen LogP contribution in [0.15, 0.2) is 36.5 Å². The second-order valence-electron chi connectivity index (χ2n) is 8.99. The average Bonchev–Trinajstić information content (AvgIpc) is 3.30. The van der Waals surface area contributed by atoms with Crippen molar-refractivity contribution < 1.29 is 23.0 Å². The van der Waals surface area contributed by atoms with Gasteiger partial charge in [0.2, 0.25) is 0 Å². The quantitative estimate of drug-likeness (QED) is 0.484. The van der Waals surface area contributed by atoms with Gasteiger partial charge in [-0.25, -0.2) is 23.1 Å². The molecule has 0 radical (unpaired) electrons. The summed E-state index contributed by atoms with van der Waals surface area (Å²) in [5.41, 5.74) is 0.778. The van der Waals surface area contributed by atoms with Crippen LogP contribution in [0.5, 0.6) is 5.75 Å². The molecule has 4 heterocycles. The smallest absolute Gasteiger partial charge is 0.343 e. The Bertz CT molecular complexity index is 1160. The third-order valence-electron chi connectivity index (χ3n) is 6.99. The molecule has 0 bridgehead atoms. The van der Waals surface area contributed by atoms with Crippen molar-refractivity contribution in [2.45, 2.75) is 44.6 Å². The highest BCUT2D eigenvalue weighted by Crippen LogP contribution is 2.32. The van der Waals surface area contributed by atoms with Crippen LogP contribution in [-0.4, -0.2) is 58.3 Å². The third kappa shape index (κ3) is 4.36. The molecule has 180 valence electrons. The highest BCUT2D eigenvalue weighted by atomic mass is 19.3. The van der Waals surface area contributed by atoms with Gasteiger partial charge >= 0.3 is 5.97 Å². The van der Waals surface area contributed by atoms with Crippen LogP contribution in [0.25, 0.3) is 16.9 Å². The lowest BCUT2D eigenvalue weighted by Gasteiger charge is -2.44. The molecule has 9 heteroatoms. The lowest BCUT2D eigenvalue weighted by molar-refractivity contribution is 0.00749. The van der Waals surface area contributed by atoms with E-state index in [-0.39, 0.29) is 16.9 Å². The molecular weight excluding hydrogens is 442 g/mol. The summed E-state index contributed by atoms with van der Waals surface area (Å²) in [4.78, 5) is 20.0. The Morgan fingerprint density at radius 3 is 2.71 bits per heavy atom. The number of carbonyl (C=O) groups excluding carboxylic acids is 1. The summed E-state index contributed by atoms with van der Waals surface area (Å²) in [7, 11) is 1.55. The summed E-state index contributed by atoms with van der Waals surface area (Å²) < 4.78 is 39.6. The Balaban J connectivity index is 1.41. The van der Waals surface area contributed by atoms with E-state index in [1.54, 1.807) is 31.4 Å². The number of alkyl halides is 2. The van der Waals surface area contributed by atoms with Crippen molar-refractivity contribution in [3.05, 3.63) is 47.8 Å². The van der Waals surface area contributed by atoms with Gasteiger partial charge < -0.3 is 9.47 Å². The first-order chi connectivity index (χ1) is 16.5. The maximum absolute atomic E-state index is 13.8. The van der Waals surface area contributed by atoms with Gasteiger partial charge in [0.05, 0.1) is 25.6 Å². The van der Waals surface area contributed by atoms with Gasteiger partial charge in [0.15, 0.2) is 5.65 Å². The van der Waals surface area contributed by atoms with Gasteiger partial charge in [0.25, 0.3) is 6.43 Å². The van der Waals surface area contributed by atoms with Crippen molar-refractivity contribution in [2.75, 3.05) is 26.8 Å². The number of rotatable bonds is 6. The van der Waals surface area contributed by atoms with Crippen LogP contribution in [-0.2, 0) is 4.74 Å². The molecule has 5 rings (SSSR count). The lowest BCUT2D eigenvalue weighted by Crippen LogP contribution is -2.49. The van der Waals surface area contributed by atoms with Crippen LogP contribution in [0.2, 0.25) is 0 Å². The fourth-order valence-corrected chi connectivity index (χ4v) is 5.23. The Morgan fingerprint density at radius 2 is 1.94 bits per heavy atom. The van der Waals surface area contributed by atoms with Crippen LogP contribution >= 0.6 is 0 Å². The molecule has 0 saturated carbocycles. The molecule has 2 fully saturated rings. The molecule has 0 unspecified atom stereocenters. The molecule has 0 aliphatic carbocycles. The number of hydrogen-bond acceptors (Lipinski definition) is 6. The number of piperidine rings is 2. The van der Waals surface area contributed by atoms with Crippen molar-refractivity contribution in [1.29, 1.82) is 0 Å². The number of fused-ring (bicyclic) bond motifs is 2. The van der Waals surface area contributed by atoms with Crippen molar-refractivity contribution in [3.63, 3.8) is 0 Å². The largest absolute Gasteiger partial charge is 0.497 e. The number of ether oxygens (including phenoxy) is 2. The van der Waals surface area contributed by atoms with Gasteiger partial charge in [-0.3, -0.25) is 4.90 Å². The van der Waals surface area contributed by atoms with E-state index in [0.717, 1.165) is 36.9 Å². The fourth-order valence-electron chi connectivity index (χ4n) is 5.23. The van der Waals surface area contributed by atoms with E-state index in [1.165, 1.54) is 25.1 Å². The SMILES string of the molecule is COc1ccc(-c2cc(C(F)F)n3ncc(C(=O)OC[C@@H]4CCCN5CCCC[C@H]45)c3n2)cc1. The van der Waals surface area contributed by atoms with E-state index in [9.17, 15) is 13.6 Å². The number of halogens is 2. The standard InChI is InChI=1S/C25H28F2N4O3/c1-33-18-9-7-16(8-10-18)20-13-22(23(26)27)31-24(29-20)19(14-28-31)25(32)34-15-17-5-4-12-30-11-3-2-6-21(17)30/h7-10,13-14,17,21,23H,2-6,11-12,15H2,1H3/t17-,21+/m0/s1. The first-order valence-corrected chi connectivity index (χ1v) is 11.8. The number of esters is 1. The molecule has 1 aromatic carbocycles. The predicted molar refractivity (Wildman–Crippen MR) is 122 cm³/mol. The highest BCUT2D eigenvalue weighted by Gasteiger charge is 2.34. The summed E-state index contributed by atoms with van der Waals surface area (Å²) in [5, 5.41) is 4.03. The van der Waals surface area contributed by atoms with Crippen LogP contribution in [0.1, 0.15) is 54.6 Å². The van der Waals surface area contributed by atoms with Crippen LogP contribution in [0.4, 0.5) is 8.78 Å². The minimum Gasteiger partial charge on any atom is -0.497 e. The van der Waals surface area contributed by atoms with Gasteiger partial charge in [0.1, 0.15) is 17.0 Å². The van der Waals surface area contributed by atoms with Crippen LogP contribution < -0.4 is 4.74 Å². The van der Waals surface area contributed by atoms with E-state index in [1.807, 2.05) is 0 Å². The van der Waals surface area contributed by atoms with Crippen molar-refractivity contribution >= 4 is 11.6 Å². The number of hydrogen-bond donors (Lipinski definition) is 0. The molecular formula is C25H28F2N4O3. The minimum absolute atomic E-state index is 0.0663. The predicted octanol–water partition coefficient (Wildman–Crippen LogP) is 4.76. The van der Waals surface area contributed by atoms with Crippen LogP contribution in [0, 0.1) is 5.92 Å². The van der Waals surface area contributed by atoms with Gasteiger partial charge in [0, 0.05) is 17.5 Å². The van der Waals surface area contributed by atoms with Gasteiger partial charge in [-0.1, -0.05) is 6.42 Å². The average molecular weight is 471 g/mol. The summed E-state index contributed by atoms with van der Waals surface area (Å²) in [6, 6.07) is 8.67. The third-order valence-corrected chi connectivity index (χ3v) is 6.99. The number of methoxy groups -OCH3 is 1. The molecule has 0 spiro atoms. The molecule has 2 saturated heterocycles. The van der Waals surface area contributed by atoms with E-state index in [0.29, 0.717) is 35.6 Å². The normalized spacial score (nSPS) is 20.9. The maximum atomic E-state index is 13.8. The van der Waals surface area contributed by atoms with Gasteiger partial charge in [-0.05, 0) is 69.1 Å². The molecule has 7 nitrogen and oxygen atoms in total. The molecule has 2 aromatic heterocycles. The van der Waals surface area contributed by atoms with E-state index in [4.69, 9.17) is 9.47 Å². The fraction of sp³-hybridized carbons (Fsp3) is 0.480. The molecule has 2 aliphatic rings. The highest BCUT2D eigenvalue weighted by molar-refractivity contribution is 5.96. The van der Waals surface area contributed by atoms with E-state index in [2.05, 4.69) is 15.0 Å². The molecule has 0 N–H and O–H groups in total. The Kier molecular flexibility index (Phi) is 6.45. The summed E-state index contributed by atoms with van der Waals surface area (Å²) in [6.07, 6.45) is 4.16. The lowest BCUT2D eigenvalue weighted by atomic mass is 9.84. The molecule has 2 atom stereocenters. The van der Waals surface area contributed by atoms with E-state index < -0.39 is 12.4 Å². The van der Waals surface area contributed by atoms with Crippen molar-refractivity contribution in [1.82, 2.24) is 19.5 Å². The summed E-state index contributed by atoms with van der Waals surface area (Å²) >= 11 is 0. The van der Waals surface area contributed by atoms with Crippen molar-refractivity contribution in [2.24, 2.45) is 5.92 Å². The van der Waals surface area contributed by atoms with Gasteiger partial charge in [-0.2, -0.15) is 5.10 Å². The second-order valence-corrected chi connectivity index (χ2v) is 8.99. The number of aromatic nitrogens is 3. The van der Waals surface area contributed by atoms with Gasteiger partial charge in [-0.15, -0.1) is 0 Å². The Labute approximate surface area is 196 Å². The van der Waals surface area contributed by atoms with E-state index >= 15 is 0 Å². The first-order valence-electron chi connectivity index (χ1n) is 11.8. The zero-order chi connectivity index (χ0) is 23.7. The molecule has 34 heavy (non-hydrogen) atoms. The zero-order valence-electron chi connectivity index (χ0n) is 19.1. The van der Waals surface area contributed by atoms with Crippen LogP contribution in [0.3, 0.4) is 0 Å². The van der Waals surface area contributed by atoms with Crippen molar-refractivity contribution in [3.8, 4) is 17.0 Å². The number of carbonyl (C=O) groups is 1. The Morgan fingerprint density at radius 1 is 1.15 bits per heavy atom.